The first-order valence-corrected chi connectivity index (χ1v) is 9.20. The molecule has 0 saturated carbocycles. The van der Waals surface area contributed by atoms with Crippen molar-refractivity contribution >= 4 is 5.96 Å². The summed E-state index contributed by atoms with van der Waals surface area (Å²) < 4.78 is 50.0. The Morgan fingerprint density at radius 2 is 2.15 bits per heavy atom. The first-order valence-electron chi connectivity index (χ1n) is 9.20. The SMILES string of the molecule is CCNC(=NCC1(C)COC1)N1CCOC(c2cccc(C(F)(F)F)c2)C1. The molecule has 0 bridgehead atoms. The van der Waals surface area contributed by atoms with Gasteiger partial charge in [0.2, 0.25) is 0 Å². The lowest BCUT2D eigenvalue weighted by molar-refractivity contribution is -0.137. The van der Waals surface area contributed by atoms with Crippen molar-refractivity contribution in [2.45, 2.75) is 26.1 Å². The van der Waals surface area contributed by atoms with E-state index in [4.69, 9.17) is 14.5 Å². The average Bonchev–Trinajstić information content (AvgIpc) is 2.63. The van der Waals surface area contributed by atoms with Gasteiger partial charge in [0, 0.05) is 18.5 Å². The summed E-state index contributed by atoms with van der Waals surface area (Å²) in [7, 11) is 0. The van der Waals surface area contributed by atoms with E-state index in [0.29, 0.717) is 45.0 Å². The number of morpholine rings is 1. The van der Waals surface area contributed by atoms with E-state index >= 15 is 0 Å². The van der Waals surface area contributed by atoms with Crippen LogP contribution in [-0.2, 0) is 15.7 Å². The molecule has 2 saturated heterocycles. The van der Waals surface area contributed by atoms with Crippen LogP contribution in [0, 0.1) is 5.41 Å². The number of aliphatic imine (C=N–C) groups is 1. The van der Waals surface area contributed by atoms with Gasteiger partial charge < -0.3 is 19.7 Å². The molecule has 1 N–H and O–H groups in total. The van der Waals surface area contributed by atoms with Gasteiger partial charge in [-0.15, -0.1) is 0 Å². The molecule has 0 aliphatic carbocycles. The van der Waals surface area contributed by atoms with Crippen LogP contribution in [0.15, 0.2) is 29.3 Å². The molecule has 3 rings (SSSR count). The molecule has 2 fully saturated rings. The minimum atomic E-state index is -4.36. The highest BCUT2D eigenvalue weighted by Crippen LogP contribution is 2.32. The first kappa shape index (κ1) is 19.9. The van der Waals surface area contributed by atoms with Crippen LogP contribution < -0.4 is 5.32 Å². The number of ether oxygens (including phenoxy) is 2. The van der Waals surface area contributed by atoms with Gasteiger partial charge in [-0.25, -0.2) is 0 Å². The van der Waals surface area contributed by atoms with Gasteiger partial charge in [-0.05, 0) is 24.6 Å². The predicted octanol–water partition coefficient (Wildman–Crippen LogP) is 3.08. The highest BCUT2D eigenvalue weighted by Gasteiger charge is 2.34. The fourth-order valence-electron chi connectivity index (χ4n) is 3.19. The number of hydrogen-bond donors (Lipinski definition) is 1. The lowest BCUT2D eigenvalue weighted by Gasteiger charge is -2.38. The summed E-state index contributed by atoms with van der Waals surface area (Å²) in [5.74, 6) is 0.769. The average molecular weight is 385 g/mol. The Labute approximate surface area is 157 Å². The van der Waals surface area contributed by atoms with E-state index in [1.807, 2.05) is 6.92 Å². The molecular formula is C19H26F3N3O2. The number of halogens is 3. The van der Waals surface area contributed by atoms with Gasteiger partial charge in [-0.1, -0.05) is 19.1 Å². The third-order valence-corrected chi connectivity index (χ3v) is 4.80. The second-order valence-corrected chi connectivity index (χ2v) is 7.40. The summed E-state index contributed by atoms with van der Waals surface area (Å²) in [6.45, 7) is 8.44. The van der Waals surface area contributed by atoms with Crippen LogP contribution >= 0.6 is 0 Å². The summed E-state index contributed by atoms with van der Waals surface area (Å²) in [5.41, 5.74) is -0.0585. The van der Waals surface area contributed by atoms with Gasteiger partial charge >= 0.3 is 6.18 Å². The van der Waals surface area contributed by atoms with Crippen LogP contribution in [0.4, 0.5) is 13.2 Å². The Bertz CT molecular complexity index is 674. The fourth-order valence-corrected chi connectivity index (χ4v) is 3.19. The molecule has 8 heteroatoms. The normalized spacial score (nSPS) is 23.1. The van der Waals surface area contributed by atoms with Crippen molar-refractivity contribution < 1.29 is 22.6 Å². The van der Waals surface area contributed by atoms with Crippen LogP contribution in [0.25, 0.3) is 0 Å². The Morgan fingerprint density at radius 3 is 2.78 bits per heavy atom. The van der Waals surface area contributed by atoms with Crippen molar-refractivity contribution in [2.75, 3.05) is 46.0 Å². The van der Waals surface area contributed by atoms with Gasteiger partial charge in [-0.3, -0.25) is 4.99 Å². The standard InChI is InChI=1S/C19H26F3N3O2/c1-3-23-17(24-11-18(2)12-26-13-18)25-7-8-27-16(10-25)14-5-4-6-15(9-14)19(20,21)22/h4-6,9,16H,3,7-8,10-13H2,1-2H3,(H,23,24). The van der Waals surface area contributed by atoms with Gasteiger partial charge in [-0.2, -0.15) is 13.2 Å². The number of rotatable bonds is 4. The maximum Gasteiger partial charge on any atom is 0.416 e. The lowest BCUT2D eigenvalue weighted by Crippen LogP contribution is -2.49. The minimum absolute atomic E-state index is 0.0629. The van der Waals surface area contributed by atoms with Crippen LogP contribution in [-0.4, -0.2) is 56.9 Å². The zero-order chi connectivity index (χ0) is 19.5. The fraction of sp³-hybridized carbons (Fsp3) is 0.632. The Kier molecular flexibility index (Phi) is 5.95. The maximum absolute atomic E-state index is 13.0. The third-order valence-electron chi connectivity index (χ3n) is 4.80. The second kappa shape index (κ2) is 8.06. The third kappa shape index (κ3) is 4.93. The Hall–Kier alpha value is -1.80. The van der Waals surface area contributed by atoms with E-state index < -0.39 is 17.8 Å². The molecule has 150 valence electrons. The maximum atomic E-state index is 13.0. The van der Waals surface area contributed by atoms with Crippen LogP contribution in [0.2, 0.25) is 0 Å². The number of guanidine groups is 1. The summed E-state index contributed by atoms with van der Waals surface area (Å²) in [6.07, 6.45) is -4.78. The summed E-state index contributed by atoms with van der Waals surface area (Å²) in [6, 6.07) is 5.36. The highest BCUT2D eigenvalue weighted by molar-refractivity contribution is 5.80. The van der Waals surface area contributed by atoms with E-state index in [9.17, 15) is 13.2 Å². The quantitative estimate of drug-likeness (QED) is 0.639. The molecule has 2 aliphatic rings. The first-order chi connectivity index (χ1) is 12.8. The minimum Gasteiger partial charge on any atom is -0.380 e. The van der Waals surface area contributed by atoms with E-state index in [1.165, 1.54) is 12.1 Å². The molecule has 1 atom stereocenters. The van der Waals surface area contributed by atoms with E-state index in [1.54, 1.807) is 6.07 Å². The van der Waals surface area contributed by atoms with Gasteiger partial charge in [0.1, 0.15) is 6.10 Å². The highest BCUT2D eigenvalue weighted by atomic mass is 19.4. The zero-order valence-electron chi connectivity index (χ0n) is 15.7. The number of hydrogen-bond acceptors (Lipinski definition) is 3. The van der Waals surface area contributed by atoms with Crippen molar-refractivity contribution in [3.05, 3.63) is 35.4 Å². The van der Waals surface area contributed by atoms with Gasteiger partial charge in [0.05, 0.1) is 38.5 Å². The molecule has 0 amide bonds. The Balaban J connectivity index is 1.73. The smallest absolute Gasteiger partial charge is 0.380 e. The van der Waals surface area contributed by atoms with Gasteiger partial charge in [0.25, 0.3) is 0 Å². The van der Waals surface area contributed by atoms with Crippen molar-refractivity contribution in [3.63, 3.8) is 0 Å². The predicted molar refractivity (Wildman–Crippen MR) is 96.6 cm³/mol. The van der Waals surface area contributed by atoms with Crippen molar-refractivity contribution in [1.82, 2.24) is 10.2 Å². The van der Waals surface area contributed by atoms with Crippen LogP contribution in [0.5, 0.6) is 0 Å². The van der Waals surface area contributed by atoms with Crippen molar-refractivity contribution in [1.29, 1.82) is 0 Å². The number of nitrogens with one attached hydrogen (secondary N) is 1. The molecule has 1 aromatic rings. The summed E-state index contributed by atoms with van der Waals surface area (Å²) in [5, 5.41) is 3.28. The Morgan fingerprint density at radius 1 is 1.37 bits per heavy atom. The second-order valence-electron chi connectivity index (χ2n) is 7.40. The summed E-state index contributed by atoms with van der Waals surface area (Å²) >= 11 is 0. The molecule has 1 aromatic carbocycles. The summed E-state index contributed by atoms with van der Waals surface area (Å²) in [4.78, 5) is 6.79. The van der Waals surface area contributed by atoms with E-state index in [0.717, 1.165) is 18.6 Å². The van der Waals surface area contributed by atoms with Gasteiger partial charge in [0.15, 0.2) is 5.96 Å². The molecule has 2 heterocycles. The van der Waals surface area contributed by atoms with Crippen molar-refractivity contribution in [2.24, 2.45) is 10.4 Å². The number of alkyl halides is 3. The molecular weight excluding hydrogens is 359 g/mol. The lowest BCUT2D eigenvalue weighted by atomic mass is 9.89. The molecule has 2 aliphatic heterocycles. The largest absolute Gasteiger partial charge is 0.416 e. The molecule has 0 aromatic heterocycles. The number of nitrogens with zero attached hydrogens (tertiary/aromatic N) is 2. The molecule has 27 heavy (non-hydrogen) atoms. The molecule has 5 nitrogen and oxygen atoms in total. The van der Waals surface area contributed by atoms with E-state index in [-0.39, 0.29) is 5.41 Å². The molecule has 0 radical (unpaired) electrons. The monoisotopic (exact) mass is 385 g/mol. The zero-order valence-corrected chi connectivity index (χ0v) is 15.7. The molecule has 1 unspecified atom stereocenters. The molecule has 0 spiro atoms. The number of benzene rings is 1. The van der Waals surface area contributed by atoms with Crippen LogP contribution in [0.1, 0.15) is 31.1 Å². The topological polar surface area (TPSA) is 46.1 Å². The van der Waals surface area contributed by atoms with Crippen LogP contribution in [0.3, 0.4) is 0 Å². The van der Waals surface area contributed by atoms with E-state index in [2.05, 4.69) is 17.1 Å². The van der Waals surface area contributed by atoms with Crippen molar-refractivity contribution in [3.8, 4) is 0 Å².